The van der Waals surface area contributed by atoms with E-state index in [0.717, 1.165) is 29.3 Å². The van der Waals surface area contributed by atoms with E-state index in [1.165, 1.54) is 33.1 Å². The Morgan fingerprint density at radius 3 is 2.23 bits per heavy atom. The van der Waals surface area contributed by atoms with E-state index in [2.05, 4.69) is 10.2 Å². The third-order valence-electron chi connectivity index (χ3n) is 4.96. The second-order valence-electron chi connectivity index (χ2n) is 7.10. The molecule has 1 N–H and O–H groups in total. The molecular formula is C21H27N3O5S. The predicted molar refractivity (Wildman–Crippen MR) is 118 cm³/mol. The number of sulfonamides is 1. The third kappa shape index (κ3) is 5.15. The van der Waals surface area contributed by atoms with Gasteiger partial charge >= 0.3 is 0 Å². The van der Waals surface area contributed by atoms with Gasteiger partial charge in [0.25, 0.3) is 0 Å². The van der Waals surface area contributed by atoms with E-state index in [4.69, 9.17) is 9.47 Å². The minimum Gasteiger partial charge on any atom is -0.493 e. The Kier molecular flexibility index (Phi) is 6.71. The highest BCUT2D eigenvalue weighted by Crippen LogP contribution is 2.32. The van der Waals surface area contributed by atoms with Gasteiger partial charge in [-0.25, -0.2) is 8.42 Å². The lowest BCUT2D eigenvalue weighted by Gasteiger charge is -2.23. The molecule has 1 aliphatic heterocycles. The van der Waals surface area contributed by atoms with Crippen molar-refractivity contribution < 1.29 is 22.7 Å². The van der Waals surface area contributed by atoms with Crippen LogP contribution in [-0.2, 0) is 14.8 Å². The van der Waals surface area contributed by atoms with Crippen molar-refractivity contribution in [2.75, 3.05) is 54.6 Å². The highest BCUT2D eigenvalue weighted by molar-refractivity contribution is 7.92. The number of benzene rings is 2. The van der Waals surface area contributed by atoms with E-state index in [9.17, 15) is 13.2 Å². The van der Waals surface area contributed by atoms with Gasteiger partial charge < -0.3 is 19.7 Å². The van der Waals surface area contributed by atoms with Crippen LogP contribution in [0.3, 0.4) is 0 Å². The summed E-state index contributed by atoms with van der Waals surface area (Å²) >= 11 is 0. The number of nitrogens with zero attached hydrogens (tertiary/aromatic N) is 2. The molecule has 9 heteroatoms. The van der Waals surface area contributed by atoms with Gasteiger partial charge in [0.2, 0.25) is 15.9 Å². The number of hydrogen-bond acceptors (Lipinski definition) is 6. The molecule has 0 bridgehead atoms. The number of amides is 1. The molecule has 30 heavy (non-hydrogen) atoms. The largest absolute Gasteiger partial charge is 0.493 e. The van der Waals surface area contributed by atoms with Crippen LogP contribution in [0.2, 0.25) is 0 Å². The van der Waals surface area contributed by atoms with Crippen molar-refractivity contribution in [3.63, 3.8) is 0 Å². The Bertz CT molecular complexity index is 986. The molecular weight excluding hydrogens is 406 g/mol. The van der Waals surface area contributed by atoms with Crippen LogP contribution in [0.4, 0.5) is 17.1 Å². The molecule has 1 saturated heterocycles. The van der Waals surface area contributed by atoms with Crippen LogP contribution in [-0.4, -0.2) is 54.4 Å². The third-order valence-corrected chi connectivity index (χ3v) is 6.11. The van der Waals surface area contributed by atoms with E-state index in [-0.39, 0.29) is 6.54 Å². The Morgan fingerprint density at radius 2 is 1.67 bits per heavy atom. The Hall–Kier alpha value is -2.94. The first-order valence-electron chi connectivity index (χ1n) is 9.66. The maximum atomic E-state index is 12.6. The number of carbonyl (C=O) groups is 1. The summed E-state index contributed by atoms with van der Waals surface area (Å²) in [5.74, 6) is 0.405. The molecule has 1 aliphatic rings. The fraction of sp³-hybridized carbons (Fsp3) is 0.381. The fourth-order valence-electron chi connectivity index (χ4n) is 3.44. The first-order chi connectivity index (χ1) is 14.3. The molecule has 2 aromatic carbocycles. The summed E-state index contributed by atoms with van der Waals surface area (Å²) in [4.78, 5) is 14.9. The van der Waals surface area contributed by atoms with Crippen molar-refractivity contribution in [2.24, 2.45) is 0 Å². The molecule has 1 amide bonds. The molecule has 0 aliphatic carbocycles. The molecule has 0 atom stereocenters. The molecule has 0 aromatic heterocycles. The van der Waals surface area contributed by atoms with Crippen molar-refractivity contribution in [2.45, 2.75) is 12.8 Å². The number of hydrogen-bond donors (Lipinski definition) is 1. The monoisotopic (exact) mass is 433 g/mol. The van der Waals surface area contributed by atoms with Gasteiger partial charge in [0.15, 0.2) is 11.5 Å². The SMILES string of the molecule is COc1ccc(N(CC(=O)Nc2ccc(N3CCCC3)cc2)S(C)(=O)=O)cc1OC. The second kappa shape index (κ2) is 9.25. The molecule has 0 radical (unpaired) electrons. The summed E-state index contributed by atoms with van der Waals surface area (Å²) in [5.41, 5.74) is 2.05. The van der Waals surface area contributed by atoms with Crippen LogP contribution in [0, 0.1) is 0 Å². The lowest BCUT2D eigenvalue weighted by atomic mass is 10.2. The van der Waals surface area contributed by atoms with E-state index in [0.29, 0.717) is 22.9 Å². The van der Waals surface area contributed by atoms with Crippen LogP contribution in [0.25, 0.3) is 0 Å². The predicted octanol–water partition coefficient (Wildman–Crippen LogP) is 2.71. The van der Waals surface area contributed by atoms with E-state index < -0.39 is 15.9 Å². The lowest BCUT2D eigenvalue weighted by molar-refractivity contribution is -0.114. The standard InChI is InChI=1S/C21H27N3O5S/c1-28-19-11-10-18(14-20(19)29-2)24(30(3,26)27)15-21(25)22-16-6-8-17(9-7-16)23-12-4-5-13-23/h6-11,14H,4-5,12-13,15H2,1-3H3,(H,22,25). The number of anilines is 3. The smallest absolute Gasteiger partial charge is 0.245 e. The summed E-state index contributed by atoms with van der Waals surface area (Å²) in [6.45, 7) is 1.73. The van der Waals surface area contributed by atoms with Gasteiger partial charge in [0, 0.05) is 30.5 Å². The molecule has 1 fully saturated rings. The van der Waals surface area contributed by atoms with E-state index in [1.54, 1.807) is 12.1 Å². The van der Waals surface area contributed by atoms with Crippen LogP contribution >= 0.6 is 0 Å². The van der Waals surface area contributed by atoms with Gasteiger partial charge in [0.05, 0.1) is 26.2 Å². The maximum absolute atomic E-state index is 12.6. The zero-order valence-electron chi connectivity index (χ0n) is 17.4. The van der Waals surface area contributed by atoms with E-state index in [1.807, 2.05) is 24.3 Å². The van der Waals surface area contributed by atoms with Gasteiger partial charge in [-0.1, -0.05) is 0 Å². The first kappa shape index (κ1) is 21.8. The summed E-state index contributed by atoms with van der Waals surface area (Å²) in [6, 6.07) is 12.3. The Labute approximate surface area is 177 Å². The summed E-state index contributed by atoms with van der Waals surface area (Å²) in [6.07, 6.45) is 3.44. The van der Waals surface area contributed by atoms with Crippen molar-refractivity contribution in [3.8, 4) is 11.5 Å². The lowest BCUT2D eigenvalue weighted by Crippen LogP contribution is -2.37. The minimum absolute atomic E-state index is 0.315. The summed E-state index contributed by atoms with van der Waals surface area (Å²) < 4.78 is 36.1. The first-order valence-corrected chi connectivity index (χ1v) is 11.5. The molecule has 0 saturated carbocycles. The van der Waals surface area contributed by atoms with Crippen LogP contribution in [0.5, 0.6) is 11.5 Å². The Balaban J connectivity index is 1.73. The highest BCUT2D eigenvalue weighted by Gasteiger charge is 2.22. The quantitative estimate of drug-likeness (QED) is 0.689. The Morgan fingerprint density at radius 1 is 1.03 bits per heavy atom. The number of ether oxygens (including phenoxy) is 2. The van der Waals surface area contributed by atoms with Crippen LogP contribution in [0.15, 0.2) is 42.5 Å². The maximum Gasteiger partial charge on any atom is 0.245 e. The van der Waals surface area contributed by atoms with Crippen LogP contribution < -0.4 is 24.0 Å². The molecule has 8 nitrogen and oxygen atoms in total. The van der Waals surface area contributed by atoms with Crippen LogP contribution in [0.1, 0.15) is 12.8 Å². The highest BCUT2D eigenvalue weighted by atomic mass is 32.2. The normalized spacial score (nSPS) is 13.8. The topological polar surface area (TPSA) is 88.2 Å². The summed E-state index contributed by atoms with van der Waals surface area (Å²) in [5, 5.41) is 2.76. The zero-order chi connectivity index (χ0) is 21.7. The fourth-order valence-corrected chi connectivity index (χ4v) is 4.29. The minimum atomic E-state index is -3.70. The van der Waals surface area contributed by atoms with E-state index >= 15 is 0 Å². The average molecular weight is 434 g/mol. The van der Waals surface area contributed by atoms with Crippen molar-refractivity contribution in [1.82, 2.24) is 0 Å². The van der Waals surface area contributed by atoms with Gasteiger partial charge in [-0.2, -0.15) is 0 Å². The van der Waals surface area contributed by atoms with Gasteiger partial charge in [0.1, 0.15) is 6.54 Å². The van der Waals surface area contributed by atoms with Crippen molar-refractivity contribution in [3.05, 3.63) is 42.5 Å². The average Bonchev–Trinajstić information content (AvgIpc) is 3.26. The van der Waals surface area contributed by atoms with Gasteiger partial charge in [-0.05, 0) is 49.2 Å². The molecule has 162 valence electrons. The molecule has 0 spiro atoms. The molecule has 3 rings (SSSR count). The number of methoxy groups -OCH3 is 2. The zero-order valence-corrected chi connectivity index (χ0v) is 18.2. The van der Waals surface area contributed by atoms with Crippen molar-refractivity contribution >= 4 is 33.0 Å². The number of carbonyl (C=O) groups excluding carboxylic acids is 1. The summed E-state index contributed by atoms with van der Waals surface area (Å²) in [7, 11) is -0.741. The second-order valence-corrected chi connectivity index (χ2v) is 9.00. The molecule has 1 heterocycles. The van der Waals surface area contributed by atoms with Crippen molar-refractivity contribution in [1.29, 1.82) is 0 Å². The number of rotatable bonds is 8. The van der Waals surface area contributed by atoms with Gasteiger partial charge in [-0.3, -0.25) is 9.10 Å². The molecule has 0 unspecified atom stereocenters. The molecule has 2 aromatic rings. The van der Waals surface area contributed by atoms with Gasteiger partial charge in [-0.15, -0.1) is 0 Å². The number of nitrogens with one attached hydrogen (secondary N) is 1.